The van der Waals surface area contributed by atoms with E-state index in [0.29, 0.717) is 5.56 Å². The van der Waals surface area contributed by atoms with Crippen molar-refractivity contribution in [2.75, 3.05) is 23.8 Å². The van der Waals surface area contributed by atoms with Gasteiger partial charge in [0.05, 0.1) is 16.9 Å². The molecule has 0 radical (unpaired) electrons. The fourth-order valence-corrected chi connectivity index (χ4v) is 2.17. The Balaban J connectivity index is 2.45. The molecule has 1 heterocycles. The minimum absolute atomic E-state index is 0.00644. The number of likely N-dealkylation sites (N-methyl/N-ethyl adjacent to an activating group) is 1. The number of aromatic carboxylic acids is 1. The maximum absolute atomic E-state index is 10.9. The second-order valence-electron chi connectivity index (χ2n) is 4.90. The van der Waals surface area contributed by atoms with Crippen molar-refractivity contribution in [3.8, 4) is 0 Å². The highest BCUT2D eigenvalue weighted by Gasteiger charge is 2.27. The minimum atomic E-state index is -0.888. The van der Waals surface area contributed by atoms with Gasteiger partial charge in [0.2, 0.25) is 0 Å². The summed E-state index contributed by atoms with van der Waals surface area (Å²) in [7, 11) is 1.98. The van der Waals surface area contributed by atoms with E-state index in [9.17, 15) is 4.79 Å². The van der Waals surface area contributed by atoms with Crippen LogP contribution in [0.5, 0.6) is 0 Å². The fourth-order valence-electron chi connectivity index (χ4n) is 2.17. The monoisotopic (exact) mass is 220 g/mol. The first-order chi connectivity index (χ1) is 7.39. The molecule has 0 unspecified atom stereocenters. The van der Waals surface area contributed by atoms with E-state index in [1.54, 1.807) is 12.1 Å². The molecule has 1 aromatic carbocycles. The van der Waals surface area contributed by atoms with Crippen molar-refractivity contribution in [1.82, 2.24) is 0 Å². The van der Waals surface area contributed by atoms with E-state index < -0.39 is 5.97 Å². The van der Waals surface area contributed by atoms with E-state index in [1.807, 2.05) is 13.1 Å². The largest absolute Gasteiger partial charge is 0.478 e. The van der Waals surface area contributed by atoms with Crippen LogP contribution < -0.4 is 10.2 Å². The zero-order valence-electron chi connectivity index (χ0n) is 9.74. The van der Waals surface area contributed by atoms with Gasteiger partial charge in [0.15, 0.2) is 0 Å². The van der Waals surface area contributed by atoms with Crippen LogP contribution in [0.15, 0.2) is 18.2 Å². The van der Waals surface area contributed by atoms with Crippen LogP contribution in [0, 0.1) is 0 Å². The molecule has 2 rings (SSSR count). The van der Waals surface area contributed by atoms with Gasteiger partial charge in [-0.3, -0.25) is 0 Å². The molecule has 4 heteroatoms. The lowest BCUT2D eigenvalue weighted by Gasteiger charge is -2.40. The predicted molar refractivity (Wildman–Crippen MR) is 64.4 cm³/mol. The molecule has 1 aliphatic rings. The molecular weight excluding hydrogens is 204 g/mol. The van der Waals surface area contributed by atoms with Gasteiger partial charge in [-0.1, -0.05) is 0 Å². The molecule has 0 spiro atoms. The van der Waals surface area contributed by atoms with Crippen LogP contribution in [0.25, 0.3) is 0 Å². The number of hydrogen-bond acceptors (Lipinski definition) is 3. The third-order valence-electron chi connectivity index (χ3n) is 2.76. The molecule has 1 aliphatic heterocycles. The van der Waals surface area contributed by atoms with Crippen molar-refractivity contribution in [2.24, 2.45) is 0 Å². The summed E-state index contributed by atoms with van der Waals surface area (Å²) in [6.07, 6.45) is 0. The lowest BCUT2D eigenvalue weighted by Crippen LogP contribution is -2.46. The van der Waals surface area contributed by atoms with Gasteiger partial charge in [-0.2, -0.15) is 0 Å². The number of carboxylic acid groups (broad SMARTS) is 1. The summed E-state index contributed by atoms with van der Waals surface area (Å²) in [5.41, 5.74) is 2.27. The van der Waals surface area contributed by atoms with Crippen molar-refractivity contribution < 1.29 is 9.90 Å². The smallest absolute Gasteiger partial charge is 0.335 e. The molecule has 0 fully saturated rings. The number of rotatable bonds is 1. The summed E-state index contributed by atoms with van der Waals surface area (Å²) in [5.74, 6) is -0.888. The van der Waals surface area contributed by atoms with E-state index >= 15 is 0 Å². The van der Waals surface area contributed by atoms with E-state index in [4.69, 9.17) is 5.11 Å². The standard InChI is InChI=1S/C12H16N2O2/c1-12(2)7-14(3)10-6-8(11(15)16)4-5-9(10)13-12/h4-6,13H,7H2,1-3H3,(H,15,16). The number of fused-ring (bicyclic) bond motifs is 1. The van der Waals surface area contributed by atoms with Gasteiger partial charge in [-0.25, -0.2) is 4.79 Å². The van der Waals surface area contributed by atoms with Crippen molar-refractivity contribution in [1.29, 1.82) is 0 Å². The molecule has 16 heavy (non-hydrogen) atoms. The van der Waals surface area contributed by atoms with Crippen molar-refractivity contribution in [3.05, 3.63) is 23.8 Å². The Morgan fingerprint density at radius 1 is 1.50 bits per heavy atom. The fraction of sp³-hybridized carbons (Fsp3) is 0.417. The summed E-state index contributed by atoms with van der Waals surface area (Å²) in [5, 5.41) is 12.3. The van der Waals surface area contributed by atoms with Gasteiger partial charge in [-0.05, 0) is 32.0 Å². The second-order valence-corrected chi connectivity index (χ2v) is 4.90. The van der Waals surface area contributed by atoms with Gasteiger partial charge in [0.25, 0.3) is 0 Å². The summed E-state index contributed by atoms with van der Waals surface area (Å²) in [4.78, 5) is 13.0. The number of carbonyl (C=O) groups is 1. The zero-order chi connectivity index (χ0) is 11.9. The van der Waals surface area contributed by atoms with Gasteiger partial charge in [-0.15, -0.1) is 0 Å². The second kappa shape index (κ2) is 3.40. The Morgan fingerprint density at radius 2 is 2.19 bits per heavy atom. The summed E-state index contributed by atoms with van der Waals surface area (Å²) in [6, 6.07) is 5.17. The average molecular weight is 220 g/mol. The van der Waals surface area contributed by atoms with Crippen LogP contribution in [-0.4, -0.2) is 30.2 Å². The first kappa shape index (κ1) is 10.8. The van der Waals surface area contributed by atoms with Gasteiger partial charge in [0, 0.05) is 19.1 Å². The van der Waals surface area contributed by atoms with E-state index in [-0.39, 0.29) is 5.54 Å². The molecule has 0 aromatic heterocycles. The lowest BCUT2D eigenvalue weighted by atomic mass is 9.99. The third kappa shape index (κ3) is 1.83. The molecule has 0 bridgehead atoms. The average Bonchev–Trinajstić information content (AvgIpc) is 2.15. The van der Waals surface area contributed by atoms with Gasteiger partial charge < -0.3 is 15.3 Å². The van der Waals surface area contributed by atoms with E-state index in [0.717, 1.165) is 17.9 Å². The van der Waals surface area contributed by atoms with Gasteiger partial charge >= 0.3 is 5.97 Å². The van der Waals surface area contributed by atoms with Crippen molar-refractivity contribution in [3.63, 3.8) is 0 Å². The van der Waals surface area contributed by atoms with Crippen LogP contribution in [0.4, 0.5) is 11.4 Å². The van der Waals surface area contributed by atoms with Crippen LogP contribution in [0.2, 0.25) is 0 Å². The number of nitrogens with zero attached hydrogens (tertiary/aromatic N) is 1. The maximum Gasteiger partial charge on any atom is 0.335 e. The molecule has 86 valence electrons. The van der Waals surface area contributed by atoms with Crippen LogP contribution in [0.1, 0.15) is 24.2 Å². The predicted octanol–water partition coefficient (Wildman–Crippen LogP) is 2.03. The SMILES string of the molecule is CN1CC(C)(C)Nc2ccc(C(=O)O)cc21. The summed E-state index contributed by atoms with van der Waals surface area (Å²) < 4.78 is 0. The highest BCUT2D eigenvalue weighted by Crippen LogP contribution is 2.34. The van der Waals surface area contributed by atoms with E-state index in [2.05, 4.69) is 24.1 Å². The molecule has 2 N–H and O–H groups in total. The molecule has 0 atom stereocenters. The quantitative estimate of drug-likeness (QED) is 0.760. The number of carboxylic acids is 1. The summed E-state index contributed by atoms with van der Waals surface area (Å²) in [6.45, 7) is 5.10. The van der Waals surface area contributed by atoms with Gasteiger partial charge in [0.1, 0.15) is 0 Å². The topological polar surface area (TPSA) is 52.6 Å². The third-order valence-corrected chi connectivity index (χ3v) is 2.76. The van der Waals surface area contributed by atoms with Crippen molar-refractivity contribution in [2.45, 2.75) is 19.4 Å². The zero-order valence-corrected chi connectivity index (χ0v) is 9.74. The van der Waals surface area contributed by atoms with E-state index in [1.165, 1.54) is 0 Å². The highest BCUT2D eigenvalue weighted by molar-refractivity contribution is 5.91. The first-order valence-electron chi connectivity index (χ1n) is 5.26. The number of hydrogen-bond donors (Lipinski definition) is 2. The molecule has 0 saturated heterocycles. The number of anilines is 2. The Bertz CT molecular complexity index is 441. The molecule has 4 nitrogen and oxygen atoms in total. The Hall–Kier alpha value is -1.71. The molecule has 0 amide bonds. The highest BCUT2D eigenvalue weighted by atomic mass is 16.4. The number of benzene rings is 1. The van der Waals surface area contributed by atoms with Crippen molar-refractivity contribution >= 4 is 17.3 Å². The van der Waals surface area contributed by atoms with Crippen LogP contribution in [-0.2, 0) is 0 Å². The summed E-state index contributed by atoms with van der Waals surface area (Å²) >= 11 is 0. The molecule has 0 saturated carbocycles. The Labute approximate surface area is 94.9 Å². The first-order valence-corrected chi connectivity index (χ1v) is 5.26. The normalized spacial score (nSPS) is 17.6. The molecule has 1 aromatic rings. The Kier molecular flexibility index (Phi) is 2.30. The molecular formula is C12H16N2O2. The lowest BCUT2D eigenvalue weighted by molar-refractivity contribution is 0.0697. The Morgan fingerprint density at radius 3 is 2.81 bits per heavy atom. The maximum atomic E-state index is 10.9. The van der Waals surface area contributed by atoms with Crippen LogP contribution in [0.3, 0.4) is 0 Å². The molecule has 0 aliphatic carbocycles. The van der Waals surface area contributed by atoms with Crippen LogP contribution >= 0.6 is 0 Å². The number of nitrogens with one attached hydrogen (secondary N) is 1. The minimum Gasteiger partial charge on any atom is -0.478 e.